The van der Waals surface area contributed by atoms with Gasteiger partial charge in [-0.2, -0.15) is 0 Å². The van der Waals surface area contributed by atoms with Crippen molar-refractivity contribution in [2.75, 3.05) is 6.54 Å². The van der Waals surface area contributed by atoms with Crippen molar-refractivity contribution in [3.63, 3.8) is 0 Å². The summed E-state index contributed by atoms with van der Waals surface area (Å²) < 4.78 is 25.3. The molecule has 1 aromatic carbocycles. The molecule has 2 bridgehead atoms. The highest BCUT2D eigenvalue weighted by molar-refractivity contribution is 6.47. The van der Waals surface area contributed by atoms with E-state index in [2.05, 4.69) is 32.2 Å². The number of benzene rings is 1. The summed E-state index contributed by atoms with van der Waals surface area (Å²) in [6, 6.07) is 6.13. The maximum atomic E-state index is 14.6. The molecule has 11 nitrogen and oxygen atoms in total. The van der Waals surface area contributed by atoms with Crippen LogP contribution in [0.1, 0.15) is 123 Å². The molecule has 7 aliphatic rings. The molecule has 0 aromatic heterocycles. The van der Waals surface area contributed by atoms with Crippen molar-refractivity contribution in [3.8, 4) is 0 Å². The first-order valence-corrected chi connectivity index (χ1v) is 20.4. The maximum Gasteiger partial charge on any atom is 0.461 e. The van der Waals surface area contributed by atoms with Crippen LogP contribution in [0.2, 0.25) is 5.82 Å². The van der Waals surface area contributed by atoms with E-state index >= 15 is 0 Å². The first-order valence-electron chi connectivity index (χ1n) is 20.4. The molecule has 5 fully saturated rings. The van der Waals surface area contributed by atoms with Gasteiger partial charge in [0.2, 0.25) is 5.91 Å². The Morgan fingerprint density at radius 3 is 2.41 bits per heavy atom. The number of amides is 3. The summed E-state index contributed by atoms with van der Waals surface area (Å²) in [7, 11) is -0.501. The van der Waals surface area contributed by atoms with E-state index in [1.54, 1.807) is 25.7 Å². The highest BCUT2D eigenvalue weighted by Gasteiger charge is 2.67. The van der Waals surface area contributed by atoms with Crippen molar-refractivity contribution in [2.45, 2.75) is 167 Å². The highest BCUT2D eigenvalue weighted by atomic mass is 16.7. The van der Waals surface area contributed by atoms with Crippen LogP contribution >= 0.6 is 0 Å². The number of allylic oxidation sites excluding steroid dienone is 1. The SMILES string of the molecule is CC(C)(C)OC(=O)N[C@H]1C/C=C\CCCCCC[C@@H](B2O[C@@H]3[C@@H]4C[C@H](C[C@]3(C)O2)C4(C)C)CC(=O)[C@@H]2C[C@@H](OC(=O)N3Cc4ccccc4C3)CN2C1=O. The average molecular weight is 746 g/mol. The van der Waals surface area contributed by atoms with Crippen LogP contribution in [-0.2, 0) is 41.5 Å². The predicted octanol–water partition coefficient (Wildman–Crippen LogP) is 7.36. The van der Waals surface area contributed by atoms with E-state index in [0.29, 0.717) is 24.9 Å². The van der Waals surface area contributed by atoms with Crippen molar-refractivity contribution in [1.29, 1.82) is 0 Å². The van der Waals surface area contributed by atoms with Gasteiger partial charge < -0.3 is 29.0 Å². The van der Waals surface area contributed by atoms with E-state index in [0.717, 1.165) is 62.5 Å². The summed E-state index contributed by atoms with van der Waals surface area (Å²) in [4.78, 5) is 58.9. The Labute approximate surface area is 321 Å². The summed E-state index contributed by atoms with van der Waals surface area (Å²) in [5.41, 5.74) is 1.24. The lowest BCUT2D eigenvalue weighted by Crippen LogP contribution is -2.63. The number of hydrogen-bond donors (Lipinski definition) is 1. The van der Waals surface area contributed by atoms with Crippen molar-refractivity contribution in [1.82, 2.24) is 15.1 Å². The smallest absolute Gasteiger partial charge is 0.444 e. The second-order valence-corrected chi connectivity index (χ2v) is 18.6. The monoisotopic (exact) mass is 745 g/mol. The zero-order valence-electron chi connectivity index (χ0n) is 33.1. The third kappa shape index (κ3) is 8.11. The minimum Gasteiger partial charge on any atom is -0.444 e. The van der Waals surface area contributed by atoms with Crippen LogP contribution in [0.25, 0.3) is 0 Å². The molecule has 4 aliphatic heterocycles. The zero-order chi connectivity index (χ0) is 38.4. The van der Waals surface area contributed by atoms with Crippen LogP contribution in [0.3, 0.4) is 0 Å². The van der Waals surface area contributed by atoms with Gasteiger partial charge in [0, 0.05) is 31.7 Å². The average Bonchev–Trinajstić information content (AvgIpc) is 3.83. The van der Waals surface area contributed by atoms with Gasteiger partial charge in [-0.3, -0.25) is 14.5 Å². The van der Waals surface area contributed by atoms with E-state index < -0.39 is 49.0 Å². The Morgan fingerprint density at radius 2 is 1.70 bits per heavy atom. The molecule has 0 unspecified atom stereocenters. The van der Waals surface area contributed by atoms with Gasteiger partial charge in [0.1, 0.15) is 17.7 Å². The van der Waals surface area contributed by atoms with Crippen LogP contribution in [0.15, 0.2) is 36.4 Å². The zero-order valence-corrected chi connectivity index (χ0v) is 33.1. The van der Waals surface area contributed by atoms with Crippen LogP contribution in [0, 0.1) is 17.3 Å². The fourth-order valence-corrected chi connectivity index (χ4v) is 10.0. The van der Waals surface area contributed by atoms with E-state index in [9.17, 15) is 19.2 Å². The number of fused-ring (bicyclic) bond motifs is 2. The topological polar surface area (TPSA) is 124 Å². The first kappa shape index (κ1) is 38.9. The van der Waals surface area contributed by atoms with E-state index in [1.165, 1.54) is 4.90 Å². The molecule has 2 saturated heterocycles. The van der Waals surface area contributed by atoms with Crippen LogP contribution in [0.5, 0.6) is 0 Å². The van der Waals surface area contributed by atoms with Crippen LogP contribution in [0.4, 0.5) is 9.59 Å². The minimum atomic E-state index is -0.961. The summed E-state index contributed by atoms with van der Waals surface area (Å²) in [5.74, 6) is 0.362. The molecule has 3 aliphatic carbocycles. The number of nitrogens with zero attached hydrogens (tertiary/aromatic N) is 2. The van der Waals surface area contributed by atoms with Gasteiger partial charge in [0.15, 0.2) is 5.78 Å². The number of hydrogen-bond acceptors (Lipinski definition) is 8. The highest BCUT2D eigenvalue weighted by Crippen LogP contribution is 2.65. The van der Waals surface area contributed by atoms with Gasteiger partial charge >= 0.3 is 19.3 Å². The number of ether oxygens (including phenoxy) is 2. The number of carbonyl (C=O) groups is 4. The molecular formula is C42H60BN3O8. The fraction of sp³-hybridized carbons (Fsp3) is 0.714. The van der Waals surface area contributed by atoms with Crippen LogP contribution in [-0.4, -0.2) is 82.8 Å². The van der Waals surface area contributed by atoms with Crippen LogP contribution < -0.4 is 5.32 Å². The molecule has 54 heavy (non-hydrogen) atoms. The van der Waals surface area contributed by atoms with Gasteiger partial charge in [-0.05, 0) is 88.2 Å². The number of ketones is 1. The number of rotatable bonds is 3. The normalized spacial score (nSPS) is 34.7. The van der Waals surface area contributed by atoms with Crippen molar-refractivity contribution < 1.29 is 38.0 Å². The van der Waals surface area contributed by atoms with Gasteiger partial charge in [0.25, 0.3) is 0 Å². The second-order valence-electron chi connectivity index (χ2n) is 18.6. The van der Waals surface area contributed by atoms with Gasteiger partial charge in [-0.25, -0.2) is 9.59 Å². The maximum absolute atomic E-state index is 14.6. The Kier molecular flexibility index (Phi) is 11.0. The van der Waals surface area contributed by atoms with E-state index in [-0.39, 0.29) is 54.5 Å². The largest absolute Gasteiger partial charge is 0.461 e. The lowest BCUT2D eigenvalue weighted by atomic mass is 9.45. The molecule has 1 aromatic rings. The summed E-state index contributed by atoms with van der Waals surface area (Å²) in [6.07, 6.45) is 10.6. The third-order valence-corrected chi connectivity index (χ3v) is 13.2. The molecule has 3 amide bonds. The van der Waals surface area contributed by atoms with E-state index in [4.69, 9.17) is 18.8 Å². The molecule has 4 heterocycles. The minimum absolute atomic E-state index is 0.00508. The molecule has 8 rings (SSSR count). The molecule has 1 N–H and O–H groups in total. The van der Waals surface area contributed by atoms with Crippen molar-refractivity contribution in [3.05, 3.63) is 47.5 Å². The number of carbonyl (C=O) groups excluding carboxylic acids is 4. The molecule has 294 valence electrons. The summed E-state index contributed by atoms with van der Waals surface area (Å²) in [5, 5.41) is 2.80. The quantitative estimate of drug-likeness (QED) is 0.252. The Morgan fingerprint density at radius 1 is 0.981 bits per heavy atom. The second kappa shape index (κ2) is 15.3. The molecule has 8 atom stereocenters. The third-order valence-electron chi connectivity index (χ3n) is 13.2. The lowest BCUT2D eigenvalue weighted by Gasteiger charge is -2.63. The Bertz CT molecular complexity index is 1600. The molecule has 0 spiro atoms. The molecular weight excluding hydrogens is 685 g/mol. The van der Waals surface area contributed by atoms with Gasteiger partial charge in [0.05, 0.1) is 24.3 Å². The standard InChI is InChI=1S/C42H60BN3O8/c1-40(2,3)52-38(49)44-33-19-13-11-9-7-8-10-12-18-30(43-53-36-32-20-29(41(32,4)5)23-42(36,6)54-43)21-35(47)34-22-31(26-46(34)37(33)48)51-39(50)45-24-27-16-14-15-17-28(27)25-45/h11,13-17,29-34,36H,7-10,12,18-26H2,1-6H3,(H,44,49)/b13-11-/t29-,30-,31-,32+,33+,34+,36-,42+/m1/s1. The van der Waals surface area contributed by atoms with Crippen molar-refractivity contribution >= 4 is 31.0 Å². The molecule has 3 saturated carbocycles. The number of nitrogens with one attached hydrogen (secondary N) is 1. The molecule has 0 radical (unpaired) electrons. The molecule has 12 heteroatoms. The van der Waals surface area contributed by atoms with Gasteiger partial charge in [-0.1, -0.05) is 75.9 Å². The van der Waals surface area contributed by atoms with Crippen molar-refractivity contribution in [2.24, 2.45) is 17.3 Å². The van der Waals surface area contributed by atoms with Gasteiger partial charge in [-0.15, -0.1) is 0 Å². The van der Waals surface area contributed by atoms with E-state index in [1.807, 2.05) is 30.3 Å². The number of alkyl carbamates (subject to hydrolysis) is 1. The Balaban J connectivity index is 1.12. The Hall–Kier alpha value is -3.38. The first-order chi connectivity index (χ1) is 25.6. The predicted molar refractivity (Wildman–Crippen MR) is 204 cm³/mol. The summed E-state index contributed by atoms with van der Waals surface area (Å²) in [6.45, 7) is 13.1. The number of Topliss-reactive ketones (excluding diaryl/α,β-unsaturated/α-hetero) is 1. The summed E-state index contributed by atoms with van der Waals surface area (Å²) >= 11 is 0. The lowest BCUT2D eigenvalue weighted by molar-refractivity contribution is -0.185. The fourth-order valence-electron chi connectivity index (χ4n) is 10.0.